The zero-order chi connectivity index (χ0) is 21.9. The molecule has 0 aliphatic carbocycles. The van der Waals surface area contributed by atoms with Crippen LogP contribution < -0.4 is 0 Å². The van der Waals surface area contributed by atoms with Crippen molar-refractivity contribution < 1.29 is 27.9 Å². The van der Waals surface area contributed by atoms with Gasteiger partial charge in [-0.1, -0.05) is 56.3 Å². The molecular weight excluding hydrogens is 392 g/mol. The highest BCUT2D eigenvalue weighted by Crippen LogP contribution is 2.36. The second kappa shape index (κ2) is 8.57. The van der Waals surface area contributed by atoms with Gasteiger partial charge in [0.1, 0.15) is 12.6 Å². The van der Waals surface area contributed by atoms with E-state index in [0.717, 1.165) is 10.5 Å². The molecule has 0 aromatic heterocycles. The molecule has 2 aromatic rings. The first-order chi connectivity index (χ1) is 14.2. The lowest BCUT2D eigenvalue weighted by atomic mass is 9.80. The van der Waals surface area contributed by atoms with Gasteiger partial charge in [-0.05, 0) is 30.2 Å². The van der Waals surface area contributed by atoms with Gasteiger partial charge >= 0.3 is 5.97 Å². The summed E-state index contributed by atoms with van der Waals surface area (Å²) in [5, 5.41) is 0. The van der Waals surface area contributed by atoms with Crippen molar-refractivity contribution >= 4 is 17.8 Å². The van der Waals surface area contributed by atoms with E-state index in [9.17, 15) is 23.2 Å². The van der Waals surface area contributed by atoms with Gasteiger partial charge in [0.15, 0.2) is 0 Å². The molecule has 1 atom stereocenters. The molecule has 1 heterocycles. The Balaban J connectivity index is 1.94. The molecule has 0 radical (unpaired) electrons. The fourth-order valence-electron chi connectivity index (χ4n) is 3.48. The van der Waals surface area contributed by atoms with Gasteiger partial charge < -0.3 is 4.74 Å². The van der Waals surface area contributed by atoms with E-state index in [0.29, 0.717) is 6.08 Å². The third kappa shape index (κ3) is 4.30. The Bertz CT molecular complexity index is 962. The molecule has 5 nitrogen and oxygen atoms in total. The number of benzene rings is 2. The minimum absolute atomic E-state index is 0.0667. The molecular formula is C23H21F2NO4. The quantitative estimate of drug-likeness (QED) is 0.492. The maximum absolute atomic E-state index is 13.1. The predicted octanol–water partition coefficient (Wildman–Crippen LogP) is 4.59. The van der Waals surface area contributed by atoms with E-state index in [1.807, 2.05) is 6.07 Å². The summed E-state index contributed by atoms with van der Waals surface area (Å²) in [6.07, 6.45) is -1.45. The molecule has 2 aromatic carbocycles. The van der Waals surface area contributed by atoms with Crippen molar-refractivity contribution in [1.82, 2.24) is 4.90 Å². The van der Waals surface area contributed by atoms with Crippen molar-refractivity contribution in [2.75, 3.05) is 0 Å². The van der Waals surface area contributed by atoms with E-state index < -0.39 is 35.3 Å². The Morgan fingerprint density at radius 3 is 2.07 bits per heavy atom. The van der Waals surface area contributed by atoms with Crippen LogP contribution in [0.1, 0.15) is 46.5 Å². The Labute approximate surface area is 172 Å². The average Bonchev–Trinajstić information content (AvgIpc) is 2.97. The molecule has 2 amide bonds. The van der Waals surface area contributed by atoms with Gasteiger partial charge in [-0.15, -0.1) is 0 Å². The average molecular weight is 413 g/mol. The van der Waals surface area contributed by atoms with Crippen LogP contribution in [0.3, 0.4) is 0 Å². The summed E-state index contributed by atoms with van der Waals surface area (Å²) < 4.78 is 30.9. The fraction of sp³-hybridized carbons (Fsp3) is 0.261. The minimum Gasteiger partial charge on any atom is -0.459 e. The summed E-state index contributed by atoms with van der Waals surface area (Å²) >= 11 is 0. The summed E-state index contributed by atoms with van der Waals surface area (Å²) in [4.78, 5) is 39.8. The highest BCUT2D eigenvalue weighted by atomic mass is 19.3. The van der Waals surface area contributed by atoms with Crippen LogP contribution in [0.4, 0.5) is 8.78 Å². The Morgan fingerprint density at radius 2 is 1.53 bits per heavy atom. The standard InChI is InChI=1S/C23H21F2NO4/c1-23(2,13-12-18(24)25)19(22(29)30-14-15-8-4-3-5-9-15)26-20(27)16-10-6-7-11-17(16)21(26)28/h3-12,19H,13-14H2,1-2H3. The van der Waals surface area contributed by atoms with Crippen molar-refractivity contribution in [2.45, 2.75) is 32.9 Å². The Morgan fingerprint density at radius 1 is 1.00 bits per heavy atom. The van der Waals surface area contributed by atoms with Crippen LogP contribution in [0.15, 0.2) is 66.8 Å². The van der Waals surface area contributed by atoms with Crippen LogP contribution in [0.25, 0.3) is 0 Å². The number of halogens is 2. The molecule has 156 valence electrons. The Hall–Kier alpha value is -3.35. The van der Waals surface area contributed by atoms with Gasteiger partial charge in [0.25, 0.3) is 17.9 Å². The van der Waals surface area contributed by atoms with E-state index in [2.05, 4.69) is 0 Å². The molecule has 0 N–H and O–H groups in total. The van der Waals surface area contributed by atoms with E-state index >= 15 is 0 Å². The van der Waals surface area contributed by atoms with Gasteiger partial charge in [-0.3, -0.25) is 14.5 Å². The first kappa shape index (κ1) is 21.4. The molecule has 3 rings (SSSR count). The number of amides is 2. The number of allylic oxidation sites excluding steroid dienone is 1. The van der Waals surface area contributed by atoms with Gasteiger partial charge in [-0.25, -0.2) is 4.79 Å². The minimum atomic E-state index is -1.90. The van der Waals surface area contributed by atoms with Gasteiger partial charge in [0.05, 0.1) is 11.1 Å². The fourth-order valence-corrected chi connectivity index (χ4v) is 3.48. The van der Waals surface area contributed by atoms with Crippen LogP contribution in [0.5, 0.6) is 0 Å². The number of hydrogen-bond acceptors (Lipinski definition) is 4. The number of fused-ring (bicyclic) bond motifs is 1. The molecule has 30 heavy (non-hydrogen) atoms. The number of carbonyl (C=O) groups excluding carboxylic acids is 3. The molecule has 0 spiro atoms. The molecule has 0 bridgehead atoms. The maximum Gasteiger partial charge on any atom is 0.330 e. The second-order valence-corrected chi connectivity index (χ2v) is 7.71. The first-order valence-electron chi connectivity index (χ1n) is 9.41. The number of carbonyl (C=O) groups is 3. The van der Waals surface area contributed by atoms with Crippen molar-refractivity contribution in [3.63, 3.8) is 0 Å². The van der Waals surface area contributed by atoms with Gasteiger partial charge in [0, 0.05) is 5.41 Å². The largest absolute Gasteiger partial charge is 0.459 e. The molecule has 7 heteroatoms. The zero-order valence-corrected chi connectivity index (χ0v) is 16.6. The molecule has 0 fully saturated rings. The molecule has 0 saturated heterocycles. The molecule has 0 saturated carbocycles. The van der Waals surface area contributed by atoms with Crippen LogP contribution >= 0.6 is 0 Å². The highest BCUT2D eigenvalue weighted by Gasteiger charge is 2.49. The van der Waals surface area contributed by atoms with Crippen LogP contribution in [-0.4, -0.2) is 28.7 Å². The summed E-state index contributed by atoms with van der Waals surface area (Å²) in [7, 11) is 0. The summed E-state index contributed by atoms with van der Waals surface area (Å²) in [5.41, 5.74) is -0.123. The normalized spacial score (nSPS) is 14.3. The lowest BCUT2D eigenvalue weighted by Gasteiger charge is -2.36. The number of imide groups is 1. The third-order valence-electron chi connectivity index (χ3n) is 5.05. The van der Waals surface area contributed by atoms with Crippen molar-refractivity contribution in [3.8, 4) is 0 Å². The number of hydrogen-bond donors (Lipinski definition) is 0. The smallest absolute Gasteiger partial charge is 0.330 e. The summed E-state index contributed by atoms with van der Waals surface area (Å²) in [6.45, 7) is 3.03. The number of ether oxygens (including phenoxy) is 1. The zero-order valence-electron chi connectivity index (χ0n) is 16.6. The molecule has 1 aliphatic rings. The molecule has 1 unspecified atom stereocenters. The first-order valence-corrected chi connectivity index (χ1v) is 9.41. The van der Waals surface area contributed by atoms with Crippen molar-refractivity contribution in [3.05, 3.63) is 83.4 Å². The summed E-state index contributed by atoms with van der Waals surface area (Å²) in [6, 6.07) is 13.7. The van der Waals surface area contributed by atoms with E-state index in [-0.39, 0.29) is 24.2 Å². The maximum atomic E-state index is 13.1. The second-order valence-electron chi connectivity index (χ2n) is 7.71. The van der Waals surface area contributed by atoms with Crippen molar-refractivity contribution in [2.24, 2.45) is 5.41 Å². The van der Waals surface area contributed by atoms with Gasteiger partial charge in [-0.2, -0.15) is 8.78 Å². The monoisotopic (exact) mass is 413 g/mol. The van der Waals surface area contributed by atoms with E-state index in [1.165, 1.54) is 12.1 Å². The lowest BCUT2D eigenvalue weighted by molar-refractivity contribution is -0.153. The number of esters is 1. The van der Waals surface area contributed by atoms with Crippen molar-refractivity contribution in [1.29, 1.82) is 0 Å². The predicted molar refractivity (Wildman–Crippen MR) is 106 cm³/mol. The van der Waals surface area contributed by atoms with Crippen LogP contribution in [0, 0.1) is 5.41 Å². The van der Waals surface area contributed by atoms with E-state index in [4.69, 9.17) is 4.74 Å². The van der Waals surface area contributed by atoms with Crippen LogP contribution in [0.2, 0.25) is 0 Å². The summed E-state index contributed by atoms with van der Waals surface area (Å²) in [5.74, 6) is -2.11. The lowest BCUT2D eigenvalue weighted by Crippen LogP contribution is -2.53. The number of nitrogens with zero attached hydrogens (tertiary/aromatic N) is 1. The Kier molecular flexibility index (Phi) is 6.10. The SMILES string of the molecule is CC(C)(CC=C(F)F)C(C(=O)OCc1ccccc1)N1C(=O)c2ccccc2C1=O. The molecule has 1 aliphatic heterocycles. The topological polar surface area (TPSA) is 63.7 Å². The number of rotatable bonds is 7. The third-order valence-corrected chi connectivity index (χ3v) is 5.05. The van der Waals surface area contributed by atoms with Gasteiger partial charge in [0.2, 0.25) is 0 Å². The van der Waals surface area contributed by atoms with Crippen LogP contribution in [-0.2, 0) is 16.1 Å². The highest BCUT2D eigenvalue weighted by molar-refractivity contribution is 6.22. The van der Waals surface area contributed by atoms with E-state index in [1.54, 1.807) is 50.2 Å².